The van der Waals surface area contributed by atoms with Crippen molar-refractivity contribution in [2.75, 3.05) is 33.3 Å². The SMILES string of the molecule is COc1cc2c(c(OC)c1OC)-c1ccc(N[C@@H]3CCOC(C)(C)C3)c(=O)cc1[C@H](NC(C)=O)CC2. The number of ether oxygens (including phenoxy) is 4. The van der Waals surface area contributed by atoms with Crippen LogP contribution in [0.1, 0.15) is 57.2 Å². The molecule has 1 aliphatic heterocycles. The predicted molar refractivity (Wildman–Crippen MR) is 139 cm³/mol. The predicted octanol–water partition coefficient (Wildman–Crippen LogP) is 4.23. The molecular weight excluding hydrogens is 460 g/mol. The van der Waals surface area contributed by atoms with Crippen LogP contribution in [0, 0.1) is 0 Å². The molecule has 1 aliphatic carbocycles. The molecule has 8 heteroatoms. The molecule has 2 N–H and O–H groups in total. The first-order chi connectivity index (χ1) is 17.2. The highest BCUT2D eigenvalue weighted by atomic mass is 16.5. The van der Waals surface area contributed by atoms with Crippen molar-refractivity contribution in [3.05, 3.63) is 45.6 Å². The zero-order valence-corrected chi connectivity index (χ0v) is 21.9. The number of amides is 1. The molecule has 1 saturated heterocycles. The summed E-state index contributed by atoms with van der Waals surface area (Å²) in [7, 11) is 4.76. The van der Waals surface area contributed by atoms with Gasteiger partial charge in [-0.25, -0.2) is 0 Å². The Kier molecular flexibility index (Phi) is 7.45. The van der Waals surface area contributed by atoms with Crippen molar-refractivity contribution in [2.24, 2.45) is 0 Å². The molecule has 36 heavy (non-hydrogen) atoms. The third-order valence-corrected chi connectivity index (χ3v) is 6.97. The van der Waals surface area contributed by atoms with Crippen LogP contribution in [-0.4, -0.2) is 45.5 Å². The molecule has 2 atom stereocenters. The van der Waals surface area contributed by atoms with Crippen molar-refractivity contribution in [1.82, 2.24) is 5.32 Å². The van der Waals surface area contributed by atoms with E-state index in [9.17, 15) is 9.59 Å². The van der Waals surface area contributed by atoms with Crippen molar-refractivity contribution in [3.63, 3.8) is 0 Å². The van der Waals surface area contributed by atoms with Gasteiger partial charge < -0.3 is 29.6 Å². The van der Waals surface area contributed by atoms with Crippen molar-refractivity contribution in [1.29, 1.82) is 0 Å². The minimum Gasteiger partial charge on any atom is -0.493 e. The van der Waals surface area contributed by atoms with E-state index in [-0.39, 0.29) is 29.0 Å². The van der Waals surface area contributed by atoms with Crippen molar-refractivity contribution >= 4 is 11.6 Å². The van der Waals surface area contributed by atoms with Gasteiger partial charge in [-0.3, -0.25) is 9.59 Å². The Morgan fingerprint density at radius 1 is 1.06 bits per heavy atom. The largest absolute Gasteiger partial charge is 0.493 e. The van der Waals surface area contributed by atoms with Gasteiger partial charge in [-0.1, -0.05) is 6.07 Å². The molecular formula is C28H36N2O6. The van der Waals surface area contributed by atoms with Gasteiger partial charge in [-0.05, 0) is 74.4 Å². The van der Waals surface area contributed by atoms with E-state index in [0.717, 1.165) is 35.1 Å². The summed E-state index contributed by atoms with van der Waals surface area (Å²) in [6, 6.07) is 7.16. The molecule has 0 aromatic heterocycles. The normalized spacial score (nSPS) is 20.3. The minimum absolute atomic E-state index is 0.126. The Balaban J connectivity index is 1.90. The van der Waals surface area contributed by atoms with E-state index in [0.29, 0.717) is 42.4 Å². The van der Waals surface area contributed by atoms with Crippen molar-refractivity contribution < 1.29 is 23.7 Å². The molecule has 0 unspecified atom stereocenters. The van der Waals surface area contributed by atoms with Gasteiger partial charge in [0.1, 0.15) is 0 Å². The lowest BCUT2D eigenvalue weighted by Gasteiger charge is -2.36. The van der Waals surface area contributed by atoms with Crippen LogP contribution in [0.25, 0.3) is 11.1 Å². The Morgan fingerprint density at radius 3 is 2.44 bits per heavy atom. The molecule has 0 bridgehead atoms. The number of methoxy groups -OCH3 is 3. The number of carbonyl (C=O) groups is 1. The molecule has 2 aliphatic rings. The third kappa shape index (κ3) is 5.14. The monoisotopic (exact) mass is 496 g/mol. The number of benzene rings is 1. The number of anilines is 1. The van der Waals surface area contributed by atoms with Gasteiger partial charge in [0.25, 0.3) is 0 Å². The minimum atomic E-state index is -0.332. The fourth-order valence-electron chi connectivity index (χ4n) is 5.40. The van der Waals surface area contributed by atoms with Crippen LogP contribution in [0.3, 0.4) is 0 Å². The second kappa shape index (κ2) is 10.4. The summed E-state index contributed by atoms with van der Waals surface area (Å²) in [5.41, 5.74) is 3.55. The summed E-state index contributed by atoms with van der Waals surface area (Å²) in [6.45, 7) is 6.26. The molecule has 0 spiro atoms. The highest BCUT2D eigenvalue weighted by Crippen LogP contribution is 2.50. The average Bonchev–Trinajstić information content (AvgIpc) is 3.06. The summed E-state index contributed by atoms with van der Waals surface area (Å²) in [6.07, 6.45) is 2.90. The Hall–Kier alpha value is -3.26. The smallest absolute Gasteiger partial charge is 0.217 e. The second-order valence-electron chi connectivity index (χ2n) is 10.0. The Labute approximate surface area is 212 Å². The van der Waals surface area contributed by atoms with E-state index >= 15 is 0 Å². The highest BCUT2D eigenvalue weighted by molar-refractivity contribution is 5.83. The lowest BCUT2D eigenvalue weighted by Crippen LogP contribution is -2.40. The first-order valence-electron chi connectivity index (χ1n) is 12.4. The molecule has 0 radical (unpaired) electrons. The van der Waals surface area contributed by atoms with Crippen LogP contribution >= 0.6 is 0 Å². The van der Waals surface area contributed by atoms with Gasteiger partial charge in [0.2, 0.25) is 17.1 Å². The average molecular weight is 497 g/mol. The van der Waals surface area contributed by atoms with Crippen LogP contribution in [-0.2, 0) is 16.0 Å². The second-order valence-corrected chi connectivity index (χ2v) is 10.0. The molecule has 2 aromatic carbocycles. The van der Waals surface area contributed by atoms with Crippen LogP contribution in [0.4, 0.5) is 5.69 Å². The quantitative estimate of drug-likeness (QED) is 0.618. The number of carbonyl (C=O) groups excluding carboxylic acids is 1. The summed E-state index contributed by atoms with van der Waals surface area (Å²) in [5, 5.41) is 6.50. The number of rotatable bonds is 6. The van der Waals surface area contributed by atoms with Crippen molar-refractivity contribution in [3.8, 4) is 28.4 Å². The van der Waals surface area contributed by atoms with Crippen LogP contribution in [0.15, 0.2) is 29.1 Å². The van der Waals surface area contributed by atoms with Crippen LogP contribution < -0.4 is 30.3 Å². The van der Waals surface area contributed by atoms with Gasteiger partial charge in [-0.15, -0.1) is 0 Å². The van der Waals surface area contributed by atoms with Crippen LogP contribution in [0.2, 0.25) is 0 Å². The van der Waals surface area contributed by atoms with Crippen molar-refractivity contribution in [2.45, 2.75) is 64.1 Å². The number of nitrogens with one attached hydrogen (secondary N) is 2. The molecule has 1 fully saturated rings. The maximum Gasteiger partial charge on any atom is 0.217 e. The molecule has 0 saturated carbocycles. The van der Waals surface area contributed by atoms with E-state index < -0.39 is 0 Å². The standard InChI is InChI=1S/C28H36N2O6/c1-16(31)29-21-9-7-17-13-24(33-4)26(34-5)27(35-6)25(17)19-8-10-22(23(32)14-20(19)21)30-18-11-12-36-28(2,3)15-18/h8,10,13-14,18,21H,7,9,11-12,15H2,1-6H3,(H,29,31)(H,30,32)/t18-,21-/m1/s1. The molecule has 1 heterocycles. The van der Waals surface area contributed by atoms with Gasteiger partial charge in [0, 0.05) is 25.1 Å². The Bertz CT molecular complexity index is 1210. The van der Waals surface area contributed by atoms with E-state index in [1.807, 2.05) is 18.2 Å². The maximum absolute atomic E-state index is 13.5. The summed E-state index contributed by atoms with van der Waals surface area (Å²) < 4.78 is 22.9. The number of hydrogen-bond acceptors (Lipinski definition) is 7. The van der Waals surface area contributed by atoms with Gasteiger partial charge in [0.15, 0.2) is 11.5 Å². The molecule has 2 aromatic rings. The fraction of sp³-hybridized carbons (Fsp3) is 0.500. The van der Waals surface area contributed by atoms with Gasteiger partial charge in [-0.2, -0.15) is 0 Å². The summed E-state index contributed by atoms with van der Waals surface area (Å²) >= 11 is 0. The fourth-order valence-corrected chi connectivity index (χ4v) is 5.40. The first kappa shape index (κ1) is 25.8. The first-order valence-corrected chi connectivity index (χ1v) is 12.4. The third-order valence-electron chi connectivity index (χ3n) is 6.97. The number of fused-ring (bicyclic) bond motifs is 3. The summed E-state index contributed by atoms with van der Waals surface area (Å²) in [4.78, 5) is 25.6. The van der Waals surface area contributed by atoms with E-state index in [1.54, 1.807) is 27.4 Å². The molecule has 1 amide bonds. The zero-order chi connectivity index (χ0) is 26.0. The summed E-state index contributed by atoms with van der Waals surface area (Å²) in [5.74, 6) is 1.44. The highest BCUT2D eigenvalue weighted by Gasteiger charge is 2.31. The van der Waals surface area contributed by atoms with E-state index in [2.05, 4.69) is 24.5 Å². The maximum atomic E-state index is 13.5. The van der Waals surface area contributed by atoms with Gasteiger partial charge in [0.05, 0.1) is 38.7 Å². The number of hydrogen-bond donors (Lipinski definition) is 2. The van der Waals surface area contributed by atoms with Gasteiger partial charge >= 0.3 is 0 Å². The van der Waals surface area contributed by atoms with E-state index in [4.69, 9.17) is 18.9 Å². The number of aryl methyl sites for hydroxylation is 1. The lowest BCUT2D eigenvalue weighted by molar-refractivity contribution is -0.119. The molecule has 194 valence electrons. The Morgan fingerprint density at radius 2 is 1.81 bits per heavy atom. The zero-order valence-electron chi connectivity index (χ0n) is 21.9. The lowest BCUT2D eigenvalue weighted by atomic mass is 9.94. The topological polar surface area (TPSA) is 95.1 Å². The molecule has 8 nitrogen and oxygen atoms in total. The van der Waals surface area contributed by atoms with E-state index in [1.165, 1.54) is 6.92 Å². The molecule has 4 rings (SSSR count). The van der Waals surface area contributed by atoms with Crippen LogP contribution in [0.5, 0.6) is 17.2 Å².